The monoisotopic (exact) mass is 247 g/mol. The summed E-state index contributed by atoms with van der Waals surface area (Å²) in [5.41, 5.74) is -0.161. The Kier molecular flexibility index (Phi) is 5.56. The fourth-order valence-electron chi connectivity index (χ4n) is 2.12. The summed E-state index contributed by atoms with van der Waals surface area (Å²) < 4.78 is 5.47. The summed E-state index contributed by atoms with van der Waals surface area (Å²) in [7, 11) is 1.71. The number of rotatable bonds is 7. The van der Waals surface area contributed by atoms with Gasteiger partial charge >= 0.3 is 0 Å². The molecule has 0 aromatic heterocycles. The molecule has 3 nitrogen and oxygen atoms in total. The average Bonchev–Trinajstić information content (AvgIpc) is 2.24. The summed E-state index contributed by atoms with van der Waals surface area (Å²) in [6, 6.07) is 0. The molecule has 0 atom stereocenters. The number of amides is 1. The van der Waals surface area contributed by atoms with Crippen LogP contribution in [0.3, 0.4) is 0 Å². The molecule has 0 aromatic carbocycles. The normalized spacial score (nSPS) is 17.9. The van der Waals surface area contributed by atoms with Gasteiger partial charge in [0.15, 0.2) is 0 Å². The van der Waals surface area contributed by atoms with Crippen LogP contribution in [-0.4, -0.2) is 42.5 Å². The zero-order valence-corrected chi connectivity index (χ0v) is 11.1. The lowest BCUT2D eigenvalue weighted by Crippen LogP contribution is -2.45. The number of ether oxygens (including phenoxy) is 1. The Bertz CT molecular complexity index is 224. The Morgan fingerprint density at radius 1 is 1.50 bits per heavy atom. The van der Waals surface area contributed by atoms with Gasteiger partial charge in [0, 0.05) is 26.1 Å². The van der Waals surface area contributed by atoms with Crippen molar-refractivity contribution >= 4 is 17.5 Å². The van der Waals surface area contributed by atoms with Gasteiger partial charge < -0.3 is 9.64 Å². The zero-order chi connectivity index (χ0) is 12.0. The highest BCUT2D eigenvalue weighted by Crippen LogP contribution is 2.38. The van der Waals surface area contributed by atoms with E-state index < -0.39 is 0 Å². The molecule has 0 unspecified atom stereocenters. The van der Waals surface area contributed by atoms with Crippen LogP contribution < -0.4 is 0 Å². The second-order valence-corrected chi connectivity index (χ2v) is 4.81. The molecule has 0 saturated heterocycles. The summed E-state index contributed by atoms with van der Waals surface area (Å²) in [4.78, 5) is 13.9. The van der Waals surface area contributed by atoms with Crippen molar-refractivity contribution in [1.82, 2.24) is 4.90 Å². The first-order valence-electron chi connectivity index (χ1n) is 6.06. The maximum absolute atomic E-state index is 12.1. The molecule has 1 aliphatic carbocycles. The van der Waals surface area contributed by atoms with Gasteiger partial charge in [-0.05, 0) is 32.6 Å². The molecule has 0 heterocycles. The van der Waals surface area contributed by atoms with Crippen LogP contribution >= 0.6 is 11.6 Å². The van der Waals surface area contributed by atoms with Crippen LogP contribution in [0, 0.1) is 0 Å². The number of carbonyl (C=O) groups excluding carboxylic acids is 1. The third kappa shape index (κ3) is 3.36. The molecule has 0 aliphatic heterocycles. The fraction of sp³-hybridized carbons (Fsp3) is 0.917. The maximum Gasteiger partial charge on any atom is 0.225 e. The predicted molar refractivity (Wildman–Crippen MR) is 65.8 cm³/mol. The molecule has 1 rings (SSSR count). The second kappa shape index (κ2) is 6.45. The molecular weight excluding hydrogens is 226 g/mol. The van der Waals surface area contributed by atoms with Crippen LogP contribution in [0.2, 0.25) is 0 Å². The minimum atomic E-state index is -0.161. The third-order valence-electron chi connectivity index (χ3n) is 3.47. The van der Waals surface area contributed by atoms with Gasteiger partial charge in [-0.3, -0.25) is 4.79 Å². The van der Waals surface area contributed by atoms with Crippen LogP contribution in [0.25, 0.3) is 0 Å². The number of nitrogens with zero attached hydrogens (tertiary/aromatic N) is 1. The van der Waals surface area contributed by atoms with Gasteiger partial charge in [0.1, 0.15) is 0 Å². The van der Waals surface area contributed by atoms with Gasteiger partial charge in [-0.15, -0.1) is 11.6 Å². The van der Waals surface area contributed by atoms with E-state index in [4.69, 9.17) is 16.3 Å². The molecule has 0 radical (unpaired) electrons. The van der Waals surface area contributed by atoms with Crippen molar-refractivity contribution in [2.75, 3.05) is 26.1 Å². The van der Waals surface area contributed by atoms with Gasteiger partial charge in [-0.25, -0.2) is 0 Å². The summed E-state index contributed by atoms with van der Waals surface area (Å²) in [5, 5.41) is 0. The van der Waals surface area contributed by atoms with Gasteiger partial charge in [-0.1, -0.05) is 0 Å². The topological polar surface area (TPSA) is 29.5 Å². The Labute approximate surface area is 103 Å². The van der Waals surface area contributed by atoms with Gasteiger partial charge in [0.05, 0.1) is 12.0 Å². The number of alkyl halides is 1. The molecule has 1 amide bonds. The highest BCUT2D eigenvalue weighted by Gasteiger charge is 2.39. The number of halogens is 1. The van der Waals surface area contributed by atoms with Crippen molar-refractivity contribution in [3.63, 3.8) is 0 Å². The Morgan fingerprint density at radius 2 is 2.19 bits per heavy atom. The molecule has 1 fully saturated rings. The van der Waals surface area contributed by atoms with Crippen LogP contribution in [-0.2, 0) is 9.53 Å². The van der Waals surface area contributed by atoms with Crippen molar-refractivity contribution in [1.29, 1.82) is 0 Å². The number of hydrogen-bond donors (Lipinski definition) is 0. The summed E-state index contributed by atoms with van der Waals surface area (Å²) >= 11 is 5.64. The summed E-state index contributed by atoms with van der Waals surface area (Å²) in [5.74, 6) is 0.813. The molecule has 94 valence electrons. The largest absolute Gasteiger partial charge is 0.378 e. The quantitative estimate of drug-likeness (QED) is 0.647. The van der Waals surface area contributed by atoms with E-state index in [0.29, 0.717) is 12.3 Å². The molecule has 1 saturated carbocycles. The van der Waals surface area contributed by atoms with Crippen molar-refractivity contribution < 1.29 is 9.53 Å². The van der Waals surface area contributed by atoms with Crippen LogP contribution in [0.4, 0.5) is 0 Å². The lowest BCUT2D eigenvalue weighted by molar-refractivity contribution is -0.143. The summed E-state index contributed by atoms with van der Waals surface area (Å²) in [6.07, 6.45) is 4.60. The van der Waals surface area contributed by atoms with E-state index in [-0.39, 0.29) is 11.5 Å². The first-order chi connectivity index (χ1) is 7.67. The molecule has 0 bridgehead atoms. The van der Waals surface area contributed by atoms with Crippen molar-refractivity contribution in [2.45, 2.75) is 44.6 Å². The SMILES string of the molecule is CCN(CCCCl)C(=O)CC1(OC)CCC1. The maximum atomic E-state index is 12.1. The van der Waals surface area contributed by atoms with Crippen molar-refractivity contribution in [3.05, 3.63) is 0 Å². The zero-order valence-electron chi connectivity index (χ0n) is 10.3. The molecule has 0 spiro atoms. The third-order valence-corrected chi connectivity index (χ3v) is 3.73. The molecule has 4 heteroatoms. The van der Waals surface area contributed by atoms with E-state index in [9.17, 15) is 4.79 Å². The van der Waals surface area contributed by atoms with Crippen LogP contribution in [0.1, 0.15) is 39.0 Å². The van der Waals surface area contributed by atoms with Gasteiger partial charge in [0.25, 0.3) is 0 Å². The molecule has 16 heavy (non-hydrogen) atoms. The highest BCUT2D eigenvalue weighted by atomic mass is 35.5. The van der Waals surface area contributed by atoms with E-state index >= 15 is 0 Å². The fourth-order valence-corrected chi connectivity index (χ4v) is 2.24. The second-order valence-electron chi connectivity index (χ2n) is 4.43. The minimum Gasteiger partial charge on any atom is -0.378 e. The molecular formula is C12H22ClNO2. The molecule has 0 aromatic rings. The first-order valence-corrected chi connectivity index (χ1v) is 6.60. The lowest BCUT2D eigenvalue weighted by atomic mass is 9.77. The predicted octanol–water partition coefficient (Wildman–Crippen LogP) is 2.42. The lowest BCUT2D eigenvalue weighted by Gasteiger charge is -2.41. The van der Waals surface area contributed by atoms with E-state index in [1.54, 1.807) is 7.11 Å². The van der Waals surface area contributed by atoms with Gasteiger partial charge in [-0.2, -0.15) is 0 Å². The minimum absolute atomic E-state index is 0.161. The number of methoxy groups -OCH3 is 1. The van der Waals surface area contributed by atoms with E-state index in [2.05, 4.69) is 0 Å². The van der Waals surface area contributed by atoms with E-state index in [0.717, 1.165) is 32.4 Å². The molecule has 1 aliphatic rings. The van der Waals surface area contributed by atoms with Crippen molar-refractivity contribution in [3.8, 4) is 0 Å². The van der Waals surface area contributed by atoms with Crippen LogP contribution in [0.15, 0.2) is 0 Å². The standard InChI is InChI=1S/C12H22ClNO2/c1-3-14(9-5-8-13)11(15)10-12(16-2)6-4-7-12/h3-10H2,1-2H3. The average molecular weight is 248 g/mol. The number of hydrogen-bond acceptors (Lipinski definition) is 2. The molecule has 0 N–H and O–H groups in total. The first kappa shape index (κ1) is 13.8. The van der Waals surface area contributed by atoms with E-state index in [1.807, 2.05) is 11.8 Å². The van der Waals surface area contributed by atoms with Crippen LogP contribution in [0.5, 0.6) is 0 Å². The van der Waals surface area contributed by atoms with Gasteiger partial charge in [0.2, 0.25) is 5.91 Å². The van der Waals surface area contributed by atoms with E-state index in [1.165, 1.54) is 6.42 Å². The Morgan fingerprint density at radius 3 is 2.56 bits per heavy atom. The Balaban J connectivity index is 2.42. The van der Waals surface area contributed by atoms with Crippen molar-refractivity contribution in [2.24, 2.45) is 0 Å². The number of carbonyl (C=O) groups is 1. The highest BCUT2D eigenvalue weighted by molar-refractivity contribution is 6.17. The Hall–Kier alpha value is -0.280. The summed E-state index contributed by atoms with van der Waals surface area (Å²) in [6.45, 7) is 3.53. The smallest absolute Gasteiger partial charge is 0.225 e.